The summed E-state index contributed by atoms with van der Waals surface area (Å²) in [6.45, 7) is 13.3. The minimum atomic E-state index is -0.357. The Kier molecular flexibility index (Phi) is 18.8. The number of nitrogens with one attached hydrogen (secondary N) is 1. The van der Waals surface area contributed by atoms with Crippen LogP contribution in [0.15, 0.2) is 0 Å². The van der Waals surface area contributed by atoms with Gasteiger partial charge in [-0.05, 0) is 26.7 Å². The van der Waals surface area contributed by atoms with Gasteiger partial charge in [-0.3, -0.25) is 0 Å². The van der Waals surface area contributed by atoms with Gasteiger partial charge in [-0.25, -0.2) is 4.79 Å². The van der Waals surface area contributed by atoms with Crippen molar-refractivity contribution < 1.29 is 11.0 Å². The van der Waals surface area contributed by atoms with Crippen molar-refractivity contribution in [3.05, 3.63) is 0 Å². The molecular weight excluding hydrogens is 286 g/mol. The first-order valence-corrected chi connectivity index (χ1v) is 9.90. The molecular formula is C20H45NO2. The first-order valence-electron chi connectivity index (χ1n) is 9.90. The predicted octanol–water partition coefficient (Wildman–Crippen LogP) is 7.09. The van der Waals surface area contributed by atoms with Crippen LogP contribution < -0.4 is 5.32 Å². The first-order chi connectivity index (χ1) is 10.9. The van der Waals surface area contributed by atoms with Gasteiger partial charge >= 0.3 is 6.09 Å². The second kappa shape index (κ2) is 17.6. The van der Waals surface area contributed by atoms with E-state index in [-0.39, 0.29) is 13.1 Å². The number of unbranched alkanes of at least 4 members (excludes halogenated alkanes) is 8. The van der Waals surface area contributed by atoms with Gasteiger partial charge in [-0.15, -0.1) is 0 Å². The number of carbonyl (C=O) groups excluding carboxylic acids is 1. The van der Waals surface area contributed by atoms with Crippen molar-refractivity contribution in [3.63, 3.8) is 0 Å². The molecule has 23 heavy (non-hydrogen) atoms. The van der Waals surface area contributed by atoms with Crippen LogP contribution in [0.5, 0.6) is 0 Å². The summed E-state index contributed by atoms with van der Waals surface area (Å²) in [6, 6.07) is 0. The zero-order valence-electron chi connectivity index (χ0n) is 16.8. The topological polar surface area (TPSA) is 38.3 Å². The molecule has 0 fully saturated rings. The van der Waals surface area contributed by atoms with Gasteiger partial charge in [0.1, 0.15) is 5.60 Å². The predicted molar refractivity (Wildman–Crippen MR) is 104 cm³/mol. The zero-order valence-corrected chi connectivity index (χ0v) is 16.8. The fraction of sp³-hybridized carbons (Fsp3) is 0.950. The molecule has 0 atom stereocenters. The van der Waals surface area contributed by atoms with Crippen LogP contribution in [0.25, 0.3) is 0 Å². The van der Waals surface area contributed by atoms with E-state index in [0.717, 1.165) is 19.4 Å². The molecule has 3 nitrogen and oxygen atoms in total. The van der Waals surface area contributed by atoms with Crippen molar-refractivity contribution in [3.8, 4) is 0 Å². The summed E-state index contributed by atoms with van der Waals surface area (Å²) in [5, 5.41) is 2.81. The smallest absolute Gasteiger partial charge is 0.407 e. The average molecular weight is 332 g/mol. The Morgan fingerprint density at radius 1 is 0.826 bits per heavy atom. The molecule has 0 saturated carbocycles. The maximum absolute atomic E-state index is 11.5. The first kappa shape index (κ1) is 24.5. The molecule has 0 spiro atoms. The van der Waals surface area contributed by atoms with E-state index in [1.165, 1.54) is 57.8 Å². The van der Waals surface area contributed by atoms with Gasteiger partial charge < -0.3 is 10.1 Å². The lowest BCUT2D eigenvalue weighted by molar-refractivity contribution is 0.0363. The van der Waals surface area contributed by atoms with E-state index in [9.17, 15) is 4.79 Å². The van der Waals surface area contributed by atoms with Gasteiger partial charge in [0.05, 0.1) is 0 Å². The lowest BCUT2D eigenvalue weighted by Crippen LogP contribution is -2.34. The van der Waals surface area contributed by atoms with Crippen molar-refractivity contribution in [2.24, 2.45) is 0 Å². The number of rotatable bonds is 12. The van der Waals surface area contributed by atoms with Gasteiger partial charge in [0.2, 0.25) is 0 Å². The molecule has 0 aliphatic rings. The third-order valence-electron chi connectivity index (χ3n) is 3.98. The molecule has 0 aromatic heterocycles. The van der Waals surface area contributed by atoms with Crippen molar-refractivity contribution in [1.29, 1.82) is 0 Å². The van der Waals surface area contributed by atoms with E-state index in [4.69, 9.17) is 4.74 Å². The van der Waals surface area contributed by atoms with Crippen LogP contribution in [0.1, 0.15) is 114 Å². The number of hydrogen-bond acceptors (Lipinski definition) is 2. The quantitative estimate of drug-likeness (QED) is 0.387. The highest BCUT2D eigenvalue weighted by Crippen LogP contribution is 2.13. The standard InChI is InChI=1S/C15H31NO2.C5H12.H2/c1-5-7-8-9-10-11-12-13-16-14(17)18-15(3,4)6-2;1-3-5-4-2;/h5-13H2,1-4H3,(H,16,17);3-5H2,1-2H3;1H. The monoisotopic (exact) mass is 331 g/mol. The molecule has 142 valence electrons. The maximum Gasteiger partial charge on any atom is 0.407 e. The third-order valence-corrected chi connectivity index (χ3v) is 3.98. The summed E-state index contributed by atoms with van der Waals surface area (Å²) in [5.41, 5.74) is -0.357. The van der Waals surface area contributed by atoms with E-state index in [2.05, 4.69) is 26.1 Å². The molecule has 0 aliphatic heterocycles. The second-order valence-electron chi connectivity index (χ2n) is 6.90. The molecule has 0 aromatic rings. The molecule has 0 aliphatic carbocycles. The largest absolute Gasteiger partial charge is 0.444 e. The number of ether oxygens (including phenoxy) is 1. The zero-order chi connectivity index (χ0) is 18.0. The molecule has 0 saturated heterocycles. The summed E-state index contributed by atoms with van der Waals surface area (Å²) < 4.78 is 5.30. The molecule has 1 amide bonds. The van der Waals surface area contributed by atoms with Crippen LogP contribution >= 0.6 is 0 Å². The lowest BCUT2D eigenvalue weighted by atomic mass is 10.1. The molecule has 0 radical (unpaired) electrons. The Bertz CT molecular complexity index is 256. The van der Waals surface area contributed by atoms with Crippen LogP contribution in [-0.2, 0) is 4.74 Å². The van der Waals surface area contributed by atoms with E-state index in [1.54, 1.807) is 0 Å². The Labute approximate surface area is 147 Å². The molecule has 0 aromatic carbocycles. The van der Waals surface area contributed by atoms with E-state index < -0.39 is 0 Å². The van der Waals surface area contributed by atoms with Gasteiger partial charge in [0, 0.05) is 7.97 Å². The fourth-order valence-corrected chi connectivity index (χ4v) is 1.99. The summed E-state index contributed by atoms with van der Waals surface area (Å²) in [6.07, 6.45) is 13.4. The SMILES string of the molecule is CCCCC.CCCCCCCCCNC(=O)OC(C)(C)CC.[HH]. The second-order valence-corrected chi connectivity index (χ2v) is 6.90. The summed E-state index contributed by atoms with van der Waals surface area (Å²) in [7, 11) is 0. The fourth-order valence-electron chi connectivity index (χ4n) is 1.99. The van der Waals surface area contributed by atoms with Crippen LogP contribution in [0.2, 0.25) is 0 Å². The Balaban J connectivity index is -0.000000639. The van der Waals surface area contributed by atoms with E-state index in [1.807, 2.05) is 20.8 Å². The highest BCUT2D eigenvalue weighted by molar-refractivity contribution is 5.67. The molecule has 0 heterocycles. The highest BCUT2D eigenvalue weighted by Gasteiger charge is 2.19. The normalized spacial score (nSPS) is 10.7. The molecule has 0 rings (SSSR count). The van der Waals surface area contributed by atoms with Crippen LogP contribution in [0, 0.1) is 0 Å². The third kappa shape index (κ3) is 21.3. The summed E-state index contributed by atoms with van der Waals surface area (Å²) in [4.78, 5) is 11.5. The van der Waals surface area contributed by atoms with Gasteiger partial charge in [-0.1, -0.05) is 85.5 Å². The van der Waals surface area contributed by atoms with Gasteiger partial charge in [0.15, 0.2) is 0 Å². The van der Waals surface area contributed by atoms with Crippen molar-refractivity contribution in [2.45, 2.75) is 118 Å². The summed E-state index contributed by atoms with van der Waals surface area (Å²) in [5.74, 6) is 0. The molecule has 0 bridgehead atoms. The number of hydrogen-bond donors (Lipinski definition) is 1. The minimum Gasteiger partial charge on any atom is -0.444 e. The van der Waals surface area contributed by atoms with Crippen LogP contribution in [-0.4, -0.2) is 18.2 Å². The van der Waals surface area contributed by atoms with Crippen LogP contribution in [0.3, 0.4) is 0 Å². The Morgan fingerprint density at radius 3 is 1.74 bits per heavy atom. The minimum absolute atomic E-state index is 0. The molecule has 3 heteroatoms. The summed E-state index contributed by atoms with van der Waals surface area (Å²) >= 11 is 0. The average Bonchev–Trinajstić information content (AvgIpc) is 2.51. The number of carbonyl (C=O) groups is 1. The number of amides is 1. The highest BCUT2D eigenvalue weighted by atomic mass is 16.6. The number of alkyl carbamates (subject to hydrolysis) is 1. The van der Waals surface area contributed by atoms with Gasteiger partial charge in [-0.2, -0.15) is 0 Å². The van der Waals surface area contributed by atoms with Crippen molar-refractivity contribution in [2.75, 3.05) is 6.54 Å². The van der Waals surface area contributed by atoms with Gasteiger partial charge in [0.25, 0.3) is 0 Å². The Morgan fingerprint density at radius 2 is 1.30 bits per heavy atom. The van der Waals surface area contributed by atoms with Crippen molar-refractivity contribution >= 4 is 6.09 Å². The Hall–Kier alpha value is -0.730. The van der Waals surface area contributed by atoms with Crippen LogP contribution in [0.4, 0.5) is 4.79 Å². The lowest BCUT2D eigenvalue weighted by Gasteiger charge is -2.23. The maximum atomic E-state index is 11.5. The molecule has 1 N–H and O–H groups in total. The van der Waals surface area contributed by atoms with E-state index in [0.29, 0.717) is 0 Å². The van der Waals surface area contributed by atoms with Crippen molar-refractivity contribution in [1.82, 2.24) is 5.32 Å². The van der Waals surface area contributed by atoms with E-state index >= 15 is 0 Å². The molecule has 0 unspecified atom stereocenters.